The highest BCUT2D eigenvalue weighted by Gasteiger charge is 2.27. The number of hydrogen-bond acceptors (Lipinski definition) is 5. The van der Waals surface area contributed by atoms with Gasteiger partial charge in [0, 0.05) is 25.2 Å². The molecule has 1 aromatic rings. The van der Waals surface area contributed by atoms with E-state index < -0.39 is 0 Å². The largest absolute Gasteiger partial charge is 0.396 e. The molecule has 116 valence electrons. The quantitative estimate of drug-likeness (QED) is 0.895. The van der Waals surface area contributed by atoms with Gasteiger partial charge in [-0.1, -0.05) is 12.8 Å². The highest BCUT2D eigenvalue weighted by atomic mass is 32.1. The second kappa shape index (κ2) is 6.85. The summed E-state index contributed by atoms with van der Waals surface area (Å²) in [6, 6.07) is 0.0875. The summed E-state index contributed by atoms with van der Waals surface area (Å²) >= 11 is 1.43. The topological polar surface area (TPSA) is 71.5 Å². The average molecular weight is 310 g/mol. The zero-order chi connectivity index (χ0) is 14.7. The molecule has 0 spiro atoms. The van der Waals surface area contributed by atoms with Crippen molar-refractivity contribution in [2.45, 2.75) is 50.7 Å². The maximum Gasteiger partial charge on any atom is 0.263 e. The van der Waals surface area contributed by atoms with E-state index in [1.54, 1.807) is 6.20 Å². The van der Waals surface area contributed by atoms with Crippen LogP contribution in [0, 0.1) is 5.92 Å². The number of nitrogens with one attached hydrogen (secondary N) is 1. The van der Waals surface area contributed by atoms with Crippen molar-refractivity contribution < 1.29 is 14.6 Å². The fraction of sp³-hybridized carbons (Fsp3) is 0.733. The van der Waals surface area contributed by atoms with E-state index in [4.69, 9.17) is 4.74 Å². The third-order valence-corrected chi connectivity index (χ3v) is 5.50. The molecule has 21 heavy (non-hydrogen) atoms. The SMILES string of the molecule is O=C(NC1CCCCC1CO)c1cnc(C2CCCO2)s1. The Hall–Kier alpha value is -0.980. The summed E-state index contributed by atoms with van der Waals surface area (Å²) < 4.78 is 5.60. The lowest BCUT2D eigenvalue weighted by molar-refractivity contribution is 0.0876. The van der Waals surface area contributed by atoms with Crippen LogP contribution < -0.4 is 5.32 Å². The second-order valence-electron chi connectivity index (χ2n) is 5.87. The highest BCUT2D eigenvalue weighted by molar-refractivity contribution is 7.13. The molecular weight excluding hydrogens is 288 g/mol. The first-order chi connectivity index (χ1) is 10.3. The molecule has 2 aliphatic rings. The molecular formula is C15H22N2O3S. The lowest BCUT2D eigenvalue weighted by Gasteiger charge is -2.30. The minimum atomic E-state index is -0.0675. The van der Waals surface area contributed by atoms with Gasteiger partial charge in [-0.15, -0.1) is 11.3 Å². The molecule has 5 nitrogen and oxygen atoms in total. The molecule has 2 heterocycles. The summed E-state index contributed by atoms with van der Waals surface area (Å²) in [5.74, 6) is 0.121. The number of nitrogens with zero attached hydrogens (tertiary/aromatic N) is 1. The van der Waals surface area contributed by atoms with Crippen molar-refractivity contribution in [1.29, 1.82) is 0 Å². The zero-order valence-electron chi connectivity index (χ0n) is 12.1. The normalized spacial score (nSPS) is 29.5. The summed E-state index contributed by atoms with van der Waals surface area (Å²) in [6.07, 6.45) is 7.96. The fourth-order valence-corrected chi connectivity index (χ4v) is 4.07. The smallest absolute Gasteiger partial charge is 0.263 e. The molecule has 1 aliphatic carbocycles. The van der Waals surface area contributed by atoms with Gasteiger partial charge in [-0.2, -0.15) is 0 Å². The molecule has 2 N–H and O–H groups in total. The monoisotopic (exact) mass is 310 g/mol. The van der Waals surface area contributed by atoms with Crippen LogP contribution in [0.1, 0.15) is 59.3 Å². The second-order valence-corrected chi connectivity index (χ2v) is 6.93. The third kappa shape index (κ3) is 3.44. The molecule has 0 aromatic carbocycles. The molecule has 0 radical (unpaired) electrons. The van der Waals surface area contributed by atoms with Gasteiger partial charge in [0.25, 0.3) is 5.91 Å². The Morgan fingerprint density at radius 1 is 1.38 bits per heavy atom. The van der Waals surface area contributed by atoms with Crippen molar-refractivity contribution in [3.05, 3.63) is 16.1 Å². The lowest BCUT2D eigenvalue weighted by Crippen LogP contribution is -2.43. The Labute approximate surface area is 128 Å². The average Bonchev–Trinajstić information content (AvgIpc) is 3.18. The van der Waals surface area contributed by atoms with Crippen LogP contribution in [0.3, 0.4) is 0 Å². The van der Waals surface area contributed by atoms with E-state index in [1.165, 1.54) is 11.3 Å². The number of ether oxygens (including phenoxy) is 1. The first-order valence-corrected chi connectivity index (χ1v) is 8.58. The summed E-state index contributed by atoms with van der Waals surface area (Å²) in [4.78, 5) is 17.3. The third-order valence-electron chi connectivity index (χ3n) is 4.41. The summed E-state index contributed by atoms with van der Waals surface area (Å²) in [5, 5.41) is 13.4. The van der Waals surface area contributed by atoms with Crippen LogP contribution in [0.15, 0.2) is 6.20 Å². The van der Waals surface area contributed by atoms with Gasteiger partial charge in [-0.05, 0) is 25.7 Å². The number of hydrogen-bond donors (Lipinski definition) is 2. The van der Waals surface area contributed by atoms with Crippen LogP contribution in [-0.4, -0.2) is 35.3 Å². The Morgan fingerprint density at radius 3 is 3.00 bits per heavy atom. The van der Waals surface area contributed by atoms with Crippen molar-refractivity contribution >= 4 is 17.2 Å². The Morgan fingerprint density at radius 2 is 2.24 bits per heavy atom. The number of aliphatic hydroxyl groups is 1. The predicted molar refractivity (Wildman–Crippen MR) is 80.3 cm³/mol. The minimum absolute atomic E-state index is 0.0661. The zero-order valence-corrected chi connectivity index (χ0v) is 12.9. The van der Waals surface area contributed by atoms with Crippen molar-refractivity contribution in [3.63, 3.8) is 0 Å². The van der Waals surface area contributed by atoms with E-state index in [1.807, 2.05) is 0 Å². The fourth-order valence-electron chi connectivity index (χ4n) is 3.17. The van der Waals surface area contributed by atoms with Gasteiger partial charge >= 0.3 is 0 Å². The van der Waals surface area contributed by atoms with Crippen LogP contribution in [0.5, 0.6) is 0 Å². The van der Waals surface area contributed by atoms with Gasteiger partial charge in [-0.25, -0.2) is 4.98 Å². The number of carbonyl (C=O) groups excluding carboxylic acids is 1. The summed E-state index contributed by atoms with van der Waals surface area (Å²) in [6.45, 7) is 0.931. The van der Waals surface area contributed by atoms with Gasteiger partial charge in [0.15, 0.2) is 0 Å². The van der Waals surface area contributed by atoms with E-state index in [2.05, 4.69) is 10.3 Å². The molecule has 0 bridgehead atoms. The molecule has 1 aromatic heterocycles. The molecule has 3 rings (SSSR count). The number of rotatable bonds is 4. The van der Waals surface area contributed by atoms with Gasteiger partial charge in [0.05, 0.1) is 6.20 Å². The van der Waals surface area contributed by atoms with Crippen molar-refractivity contribution in [2.75, 3.05) is 13.2 Å². The molecule has 2 fully saturated rings. The first-order valence-electron chi connectivity index (χ1n) is 7.77. The molecule has 1 saturated carbocycles. The van der Waals surface area contributed by atoms with E-state index in [-0.39, 0.29) is 30.6 Å². The lowest BCUT2D eigenvalue weighted by atomic mass is 9.85. The van der Waals surface area contributed by atoms with Crippen molar-refractivity contribution in [3.8, 4) is 0 Å². The van der Waals surface area contributed by atoms with E-state index in [9.17, 15) is 9.90 Å². The van der Waals surface area contributed by atoms with Crippen LogP contribution in [-0.2, 0) is 4.74 Å². The highest BCUT2D eigenvalue weighted by Crippen LogP contribution is 2.31. The number of aliphatic hydroxyl groups excluding tert-OH is 1. The van der Waals surface area contributed by atoms with Crippen LogP contribution in [0.25, 0.3) is 0 Å². The van der Waals surface area contributed by atoms with Gasteiger partial charge in [-0.3, -0.25) is 4.79 Å². The Kier molecular flexibility index (Phi) is 4.87. The van der Waals surface area contributed by atoms with E-state index >= 15 is 0 Å². The van der Waals surface area contributed by atoms with Gasteiger partial charge in [0.2, 0.25) is 0 Å². The summed E-state index contributed by atoms with van der Waals surface area (Å²) in [5.41, 5.74) is 0. The molecule has 1 amide bonds. The maximum absolute atomic E-state index is 12.3. The summed E-state index contributed by atoms with van der Waals surface area (Å²) in [7, 11) is 0. The number of carbonyl (C=O) groups is 1. The van der Waals surface area contributed by atoms with E-state index in [0.717, 1.165) is 50.1 Å². The molecule has 1 saturated heterocycles. The number of aromatic nitrogens is 1. The predicted octanol–water partition coefficient (Wildman–Crippen LogP) is 2.28. The van der Waals surface area contributed by atoms with Crippen LogP contribution in [0.4, 0.5) is 0 Å². The van der Waals surface area contributed by atoms with Gasteiger partial charge in [0.1, 0.15) is 16.0 Å². The van der Waals surface area contributed by atoms with Gasteiger partial charge < -0.3 is 15.2 Å². The minimum Gasteiger partial charge on any atom is -0.396 e. The number of thiazole rings is 1. The van der Waals surface area contributed by atoms with Crippen molar-refractivity contribution in [1.82, 2.24) is 10.3 Å². The van der Waals surface area contributed by atoms with Crippen LogP contribution in [0.2, 0.25) is 0 Å². The number of amides is 1. The van der Waals surface area contributed by atoms with Crippen molar-refractivity contribution in [2.24, 2.45) is 5.92 Å². The Balaban J connectivity index is 1.62. The molecule has 1 aliphatic heterocycles. The van der Waals surface area contributed by atoms with Crippen LogP contribution >= 0.6 is 11.3 Å². The molecule has 3 unspecified atom stereocenters. The molecule has 6 heteroatoms. The van der Waals surface area contributed by atoms with E-state index in [0.29, 0.717) is 4.88 Å². The molecule has 3 atom stereocenters. The standard InChI is InChI=1S/C15H22N2O3S/c18-9-10-4-1-2-5-11(10)17-14(19)13-8-16-15(21-13)12-6-3-7-20-12/h8,10-12,18H,1-7,9H2,(H,17,19). The first kappa shape index (κ1) is 14.9. The maximum atomic E-state index is 12.3. The Bertz CT molecular complexity index is 485.